The first kappa shape index (κ1) is 13.1. The van der Waals surface area contributed by atoms with E-state index in [1.807, 2.05) is 6.92 Å². The number of amides is 2. The number of carbonyl (C=O) groups is 2. The highest BCUT2D eigenvalue weighted by Crippen LogP contribution is 2.32. The number of hydrogen-bond donors (Lipinski definition) is 1. The van der Waals surface area contributed by atoms with Crippen LogP contribution in [0.15, 0.2) is 6.20 Å². The molecular weight excluding hydrogens is 256 g/mol. The average Bonchev–Trinajstić information content (AvgIpc) is 2.91. The summed E-state index contributed by atoms with van der Waals surface area (Å²) in [5, 5.41) is 7.03. The van der Waals surface area contributed by atoms with E-state index >= 15 is 0 Å². The number of nitrogens with zero attached hydrogens (tertiary/aromatic N) is 3. The Morgan fingerprint density at radius 3 is 3.05 bits per heavy atom. The summed E-state index contributed by atoms with van der Waals surface area (Å²) >= 11 is 0. The average molecular weight is 276 g/mol. The lowest BCUT2D eigenvalue weighted by Crippen LogP contribution is -2.56. The largest absolute Gasteiger partial charge is 0.340 e. The standard InChI is InChI=1S/C14H20N4O2/c1-9-7-18(8-13(19)17(9)2)14(20)10-4-3-5-12-11(10)6-15-16-12/h6,9-10H,3-5,7-8H2,1-2H3,(H,15,16). The molecule has 1 saturated heterocycles. The van der Waals surface area contributed by atoms with Crippen molar-refractivity contribution in [3.8, 4) is 0 Å². The zero-order chi connectivity index (χ0) is 14.3. The minimum Gasteiger partial charge on any atom is -0.340 e. The minimum atomic E-state index is -0.138. The first-order valence-corrected chi connectivity index (χ1v) is 7.14. The number of hydrogen-bond acceptors (Lipinski definition) is 3. The molecular formula is C14H20N4O2. The minimum absolute atomic E-state index is 0.0142. The van der Waals surface area contributed by atoms with Crippen molar-refractivity contribution < 1.29 is 9.59 Å². The SMILES string of the molecule is CC1CN(C(=O)C2CCCc3[nH]ncc32)CC(=O)N1C. The first-order valence-electron chi connectivity index (χ1n) is 7.14. The van der Waals surface area contributed by atoms with Crippen molar-refractivity contribution in [2.24, 2.45) is 0 Å². The van der Waals surface area contributed by atoms with Crippen LogP contribution in [-0.2, 0) is 16.0 Å². The van der Waals surface area contributed by atoms with E-state index in [4.69, 9.17) is 0 Å². The predicted octanol–water partition coefficient (Wildman–Crippen LogP) is 0.519. The number of aromatic nitrogens is 2. The van der Waals surface area contributed by atoms with Crippen LogP contribution in [0, 0.1) is 0 Å². The third-order valence-electron chi connectivity index (χ3n) is 4.52. The molecule has 3 rings (SSSR count). The van der Waals surface area contributed by atoms with Gasteiger partial charge in [0.05, 0.1) is 18.7 Å². The van der Waals surface area contributed by atoms with Crippen molar-refractivity contribution in [1.82, 2.24) is 20.0 Å². The van der Waals surface area contributed by atoms with E-state index in [1.54, 1.807) is 23.0 Å². The molecule has 2 heterocycles. The number of carbonyl (C=O) groups excluding carboxylic acids is 2. The molecule has 0 radical (unpaired) electrons. The Morgan fingerprint density at radius 2 is 2.30 bits per heavy atom. The molecule has 0 saturated carbocycles. The second-order valence-corrected chi connectivity index (χ2v) is 5.82. The van der Waals surface area contributed by atoms with Crippen LogP contribution in [0.4, 0.5) is 0 Å². The smallest absolute Gasteiger partial charge is 0.242 e. The molecule has 1 aromatic rings. The lowest BCUT2D eigenvalue weighted by Gasteiger charge is -2.39. The van der Waals surface area contributed by atoms with E-state index in [0.29, 0.717) is 6.54 Å². The van der Waals surface area contributed by atoms with Gasteiger partial charge in [0, 0.05) is 30.9 Å². The maximum atomic E-state index is 12.7. The van der Waals surface area contributed by atoms with Crippen molar-refractivity contribution in [1.29, 1.82) is 0 Å². The van der Waals surface area contributed by atoms with Crippen LogP contribution in [0.5, 0.6) is 0 Å². The number of H-pyrrole nitrogens is 1. The molecule has 1 aliphatic heterocycles. The highest BCUT2D eigenvalue weighted by molar-refractivity contribution is 5.89. The highest BCUT2D eigenvalue weighted by Gasteiger charge is 2.36. The van der Waals surface area contributed by atoms with Crippen LogP contribution in [0.25, 0.3) is 0 Å². The molecule has 1 aromatic heterocycles. The zero-order valence-corrected chi connectivity index (χ0v) is 11.9. The molecule has 2 aliphatic rings. The fraction of sp³-hybridized carbons (Fsp3) is 0.643. The quantitative estimate of drug-likeness (QED) is 0.813. The Kier molecular flexibility index (Phi) is 3.23. The maximum Gasteiger partial charge on any atom is 0.242 e. The second kappa shape index (κ2) is 4.92. The van der Waals surface area contributed by atoms with Gasteiger partial charge in [-0.05, 0) is 26.2 Å². The Labute approximate surface area is 118 Å². The van der Waals surface area contributed by atoms with Crippen LogP contribution in [0.2, 0.25) is 0 Å². The molecule has 6 nitrogen and oxygen atoms in total. The number of piperazine rings is 1. The number of rotatable bonds is 1. The normalized spacial score (nSPS) is 26.6. The second-order valence-electron chi connectivity index (χ2n) is 5.82. The summed E-state index contributed by atoms with van der Waals surface area (Å²) in [6, 6.07) is 0.0765. The molecule has 0 aromatic carbocycles. The van der Waals surface area contributed by atoms with Gasteiger partial charge in [0.2, 0.25) is 11.8 Å². The summed E-state index contributed by atoms with van der Waals surface area (Å²) in [6.07, 6.45) is 4.55. The van der Waals surface area contributed by atoms with Gasteiger partial charge < -0.3 is 9.80 Å². The lowest BCUT2D eigenvalue weighted by atomic mass is 9.86. The van der Waals surface area contributed by atoms with Gasteiger partial charge in [0.25, 0.3) is 0 Å². The number of aryl methyl sites for hydroxylation is 1. The van der Waals surface area contributed by atoms with Gasteiger partial charge in [-0.3, -0.25) is 14.7 Å². The van der Waals surface area contributed by atoms with Crippen molar-refractivity contribution in [2.45, 2.75) is 38.1 Å². The lowest BCUT2D eigenvalue weighted by molar-refractivity contribution is -0.147. The molecule has 2 atom stereocenters. The van der Waals surface area contributed by atoms with Crippen molar-refractivity contribution in [3.63, 3.8) is 0 Å². The number of likely N-dealkylation sites (N-methyl/N-ethyl adjacent to an activating group) is 1. The summed E-state index contributed by atoms with van der Waals surface area (Å²) in [7, 11) is 1.80. The summed E-state index contributed by atoms with van der Waals surface area (Å²) < 4.78 is 0. The molecule has 0 bridgehead atoms. The monoisotopic (exact) mass is 276 g/mol. The van der Waals surface area contributed by atoms with Crippen LogP contribution in [0.1, 0.15) is 36.9 Å². The molecule has 2 unspecified atom stereocenters. The molecule has 1 N–H and O–H groups in total. The Hall–Kier alpha value is -1.85. The Morgan fingerprint density at radius 1 is 1.50 bits per heavy atom. The topological polar surface area (TPSA) is 69.3 Å². The predicted molar refractivity (Wildman–Crippen MR) is 73.1 cm³/mol. The zero-order valence-electron chi connectivity index (χ0n) is 11.9. The summed E-state index contributed by atoms with van der Waals surface area (Å²) in [4.78, 5) is 28.1. The van der Waals surface area contributed by atoms with Gasteiger partial charge in [-0.15, -0.1) is 0 Å². The highest BCUT2D eigenvalue weighted by atomic mass is 16.2. The van der Waals surface area contributed by atoms with E-state index < -0.39 is 0 Å². The van der Waals surface area contributed by atoms with Gasteiger partial charge in [0.15, 0.2) is 0 Å². The molecule has 2 amide bonds. The van der Waals surface area contributed by atoms with Crippen LogP contribution < -0.4 is 0 Å². The molecule has 1 aliphatic carbocycles. The van der Waals surface area contributed by atoms with Gasteiger partial charge in [0.1, 0.15) is 0 Å². The molecule has 108 valence electrons. The maximum absolute atomic E-state index is 12.7. The molecule has 20 heavy (non-hydrogen) atoms. The molecule has 6 heteroatoms. The fourth-order valence-electron chi connectivity index (χ4n) is 3.13. The third-order valence-corrected chi connectivity index (χ3v) is 4.52. The first-order chi connectivity index (χ1) is 9.58. The van der Waals surface area contributed by atoms with Gasteiger partial charge in [-0.25, -0.2) is 0 Å². The molecule has 1 fully saturated rings. The number of fused-ring (bicyclic) bond motifs is 1. The Bertz CT molecular complexity index is 539. The van der Waals surface area contributed by atoms with Gasteiger partial charge >= 0.3 is 0 Å². The number of aromatic amines is 1. The van der Waals surface area contributed by atoms with Crippen LogP contribution in [0.3, 0.4) is 0 Å². The summed E-state index contributed by atoms with van der Waals surface area (Å²) in [6.45, 7) is 2.79. The summed E-state index contributed by atoms with van der Waals surface area (Å²) in [5.74, 6) is -0.0538. The van der Waals surface area contributed by atoms with Crippen molar-refractivity contribution in [2.75, 3.05) is 20.1 Å². The van der Waals surface area contributed by atoms with Crippen molar-refractivity contribution in [3.05, 3.63) is 17.5 Å². The van der Waals surface area contributed by atoms with Crippen LogP contribution in [-0.4, -0.2) is 58.0 Å². The van der Waals surface area contributed by atoms with E-state index in [-0.39, 0.29) is 30.3 Å². The van der Waals surface area contributed by atoms with Gasteiger partial charge in [-0.2, -0.15) is 5.10 Å². The van der Waals surface area contributed by atoms with Crippen molar-refractivity contribution >= 4 is 11.8 Å². The number of nitrogens with one attached hydrogen (secondary N) is 1. The molecule has 0 spiro atoms. The third kappa shape index (κ3) is 2.09. The Balaban J connectivity index is 1.79. The van der Waals surface area contributed by atoms with E-state index in [0.717, 1.165) is 30.5 Å². The fourth-order valence-corrected chi connectivity index (χ4v) is 3.13. The van der Waals surface area contributed by atoms with E-state index in [9.17, 15) is 9.59 Å². The van der Waals surface area contributed by atoms with Gasteiger partial charge in [-0.1, -0.05) is 0 Å². The van der Waals surface area contributed by atoms with Crippen LogP contribution >= 0.6 is 0 Å². The van der Waals surface area contributed by atoms with E-state index in [2.05, 4.69) is 10.2 Å². The van der Waals surface area contributed by atoms with E-state index in [1.165, 1.54) is 0 Å². The summed E-state index contributed by atoms with van der Waals surface area (Å²) in [5.41, 5.74) is 2.09.